The van der Waals surface area contributed by atoms with E-state index in [4.69, 9.17) is 0 Å². The zero-order valence-electron chi connectivity index (χ0n) is 19.4. The highest BCUT2D eigenvalue weighted by Crippen LogP contribution is 2.28. The Bertz CT molecular complexity index is 1350. The minimum atomic E-state index is 0.0647. The van der Waals surface area contributed by atoms with Crippen LogP contribution in [0.3, 0.4) is 0 Å². The van der Waals surface area contributed by atoms with Crippen molar-refractivity contribution in [3.8, 4) is 11.3 Å². The molecular formula is C27H28N6O. The molecule has 1 saturated carbocycles. The third kappa shape index (κ3) is 4.19. The van der Waals surface area contributed by atoms with E-state index in [-0.39, 0.29) is 12.2 Å². The zero-order chi connectivity index (χ0) is 23.1. The number of pyridine rings is 2. The number of aryl methyl sites for hydroxylation is 1. The maximum atomic E-state index is 13.1. The summed E-state index contributed by atoms with van der Waals surface area (Å²) in [6.07, 6.45) is 10.2. The first-order chi connectivity index (χ1) is 16.6. The van der Waals surface area contributed by atoms with Crippen LogP contribution in [0.25, 0.3) is 22.0 Å². The number of fused-ring (bicyclic) bond motifs is 1. The molecule has 0 unspecified atom stereocenters. The Hall–Kier alpha value is -3.58. The molecule has 0 bridgehead atoms. The van der Waals surface area contributed by atoms with E-state index in [0.29, 0.717) is 5.56 Å². The van der Waals surface area contributed by atoms with Gasteiger partial charge in [-0.2, -0.15) is 0 Å². The summed E-state index contributed by atoms with van der Waals surface area (Å²) in [5.74, 6) is 0.962. The first kappa shape index (κ1) is 21.0. The van der Waals surface area contributed by atoms with Crippen LogP contribution in [0.5, 0.6) is 0 Å². The van der Waals surface area contributed by atoms with E-state index in [1.54, 1.807) is 12.5 Å². The van der Waals surface area contributed by atoms with Crippen LogP contribution in [0.1, 0.15) is 28.9 Å². The highest BCUT2D eigenvalue weighted by molar-refractivity contribution is 5.98. The lowest BCUT2D eigenvalue weighted by Gasteiger charge is -2.35. The predicted octanol–water partition coefficient (Wildman–Crippen LogP) is 3.74. The monoisotopic (exact) mass is 452 g/mol. The van der Waals surface area contributed by atoms with Gasteiger partial charge in [-0.25, -0.2) is 9.97 Å². The molecule has 4 heterocycles. The Morgan fingerprint density at radius 3 is 2.59 bits per heavy atom. The van der Waals surface area contributed by atoms with Crippen molar-refractivity contribution >= 4 is 22.4 Å². The third-order valence-electron chi connectivity index (χ3n) is 7.00. The molecule has 0 spiro atoms. The molecule has 6 rings (SSSR count). The number of benzene rings is 1. The summed E-state index contributed by atoms with van der Waals surface area (Å²) in [5, 5.41) is 2.12. The SMILES string of the molecule is Cn1cncc1-c1ccc2cnc(CC(=O)c3ccnc(N4CCN(C5CC5)CC4)c3)cc2c1. The fourth-order valence-corrected chi connectivity index (χ4v) is 4.87. The number of hydrogen-bond acceptors (Lipinski definition) is 6. The van der Waals surface area contributed by atoms with Crippen LogP contribution in [0.2, 0.25) is 0 Å². The quantitative estimate of drug-likeness (QED) is 0.415. The second-order valence-corrected chi connectivity index (χ2v) is 9.38. The minimum absolute atomic E-state index is 0.0647. The van der Waals surface area contributed by atoms with E-state index < -0.39 is 0 Å². The molecule has 7 nitrogen and oxygen atoms in total. The van der Waals surface area contributed by atoms with Gasteiger partial charge in [0.1, 0.15) is 5.82 Å². The van der Waals surface area contributed by atoms with E-state index in [9.17, 15) is 4.79 Å². The van der Waals surface area contributed by atoms with Gasteiger partial charge in [-0.3, -0.25) is 14.7 Å². The Labute approximate surface area is 199 Å². The number of carbonyl (C=O) groups is 1. The number of hydrogen-bond donors (Lipinski definition) is 0. The lowest BCUT2D eigenvalue weighted by molar-refractivity contribution is 0.0992. The number of aromatic nitrogens is 4. The number of piperazine rings is 1. The van der Waals surface area contributed by atoms with Gasteiger partial charge in [0, 0.05) is 73.9 Å². The van der Waals surface area contributed by atoms with E-state index >= 15 is 0 Å². The number of nitrogens with zero attached hydrogens (tertiary/aromatic N) is 6. The van der Waals surface area contributed by atoms with Gasteiger partial charge in [0.2, 0.25) is 0 Å². The van der Waals surface area contributed by atoms with Crippen molar-refractivity contribution in [3.05, 3.63) is 72.6 Å². The molecule has 2 fully saturated rings. The number of anilines is 1. The van der Waals surface area contributed by atoms with Gasteiger partial charge in [0.25, 0.3) is 0 Å². The molecular weight excluding hydrogens is 424 g/mol. The number of rotatable bonds is 6. The lowest BCUT2D eigenvalue weighted by Crippen LogP contribution is -2.47. The van der Waals surface area contributed by atoms with Crippen molar-refractivity contribution in [3.63, 3.8) is 0 Å². The third-order valence-corrected chi connectivity index (χ3v) is 7.00. The largest absolute Gasteiger partial charge is 0.354 e. The van der Waals surface area contributed by atoms with E-state index in [2.05, 4.69) is 43.0 Å². The van der Waals surface area contributed by atoms with Crippen LogP contribution in [-0.4, -0.2) is 62.4 Å². The van der Waals surface area contributed by atoms with Gasteiger partial charge in [-0.15, -0.1) is 0 Å². The van der Waals surface area contributed by atoms with Crippen LogP contribution < -0.4 is 4.90 Å². The highest BCUT2D eigenvalue weighted by Gasteiger charge is 2.31. The maximum Gasteiger partial charge on any atom is 0.169 e. The first-order valence-electron chi connectivity index (χ1n) is 12.0. The first-order valence-corrected chi connectivity index (χ1v) is 12.0. The lowest BCUT2D eigenvalue weighted by atomic mass is 10.0. The summed E-state index contributed by atoms with van der Waals surface area (Å²) in [6.45, 7) is 4.08. The Balaban J connectivity index is 1.18. The van der Waals surface area contributed by atoms with Crippen molar-refractivity contribution < 1.29 is 4.79 Å². The molecule has 7 heteroatoms. The Morgan fingerprint density at radius 1 is 0.971 bits per heavy atom. The van der Waals surface area contributed by atoms with Gasteiger partial charge in [0.05, 0.1) is 24.6 Å². The standard InChI is InChI=1S/C27H28N6O/c1-31-18-28-17-25(31)19-2-3-21-16-30-23(13-22(21)12-19)15-26(34)20-6-7-29-27(14-20)33-10-8-32(9-11-33)24-4-5-24/h2-3,6-7,12-14,16-18,24H,4-5,8-11,15H2,1H3. The molecule has 4 aromatic rings. The molecule has 1 aliphatic carbocycles. The summed E-state index contributed by atoms with van der Waals surface area (Å²) in [6, 6.07) is 12.9. The van der Waals surface area contributed by atoms with Crippen molar-refractivity contribution in [1.29, 1.82) is 0 Å². The summed E-state index contributed by atoms with van der Waals surface area (Å²) >= 11 is 0. The molecule has 172 valence electrons. The maximum absolute atomic E-state index is 13.1. The molecule has 0 atom stereocenters. The average molecular weight is 453 g/mol. The number of imidazole rings is 1. The van der Waals surface area contributed by atoms with Crippen molar-refractivity contribution in [1.82, 2.24) is 24.4 Å². The van der Waals surface area contributed by atoms with Crippen molar-refractivity contribution in [2.24, 2.45) is 7.05 Å². The summed E-state index contributed by atoms with van der Waals surface area (Å²) in [4.78, 5) is 31.3. The molecule has 1 aromatic carbocycles. The second-order valence-electron chi connectivity index (χ2n) is 9.38. The van der Waals surface area contributed by atoms with E-state index in [0.717, 1.165) is 65.8 Å². The molecule has 3 aromatic heterocycles. The number of Topliss-reactive ketones (excluding diaryl/α,β-unsaturated/α-hetero) is 1. The van der Waals surface area contributed by atoms with Gasteiger partial charge >= 0.3 is 0 Å². The predicted molar refractivity (Wildman–Crippen MR) is 133 cm³/mol. The topological polar surface area (TPSA) is 67.2 Å². The van der Waals surface area contributed by atoms with Gasteiger partial charge in [-0.1, -0.05) is 12.1 Å². The normalized spacial score (nSPS) is 16.8. The van der Waals surface area contributed by atoms with E-state index in [1.165, 1.54) is 12.8 Å². The Kier molecular flexibility index (Phi) is 5.34. The van der Waals surface area contributed by atoms with Gasteiger partial charge in [-0.05, 0) is 42.5 Å². The van der Waals surface area contributed by atoms with E-state index in [1.807, 2.05) is 42.2 Å². The summed E-state index contributed by atoms with van der Waals surface area (Å²) < 4.78 is 2.00. The molecule has 1 aliphatic heterocycles. The molecule has 2 aliphatic rings. The average Bonchev–Trinajstić information content (AvgIpc) is 3.64. The van der Waals surface area contributed by atoms with Crippen molar-refractivity contribution in [2.45, 2.75) is 25.3 Å². The molecule has 34 heavy (non-hydrogen) atoms. The summed E-state index contributed by atoms with van der Waals surface area (Å²) in [7, 11) is 1.99. The van der Waals surface area contributed by atoms with Crippen molar-refractivity contribution in [2.75, 3.05) is 31.1 Å². The van der Waals surface area contributed by atoms with Gasteiger partial charge < -0.3 is 9.47 Å². The molecule has 0 radical (unpaired) electrons. The van der Waals surface area contributed by atoms with Crippen LogP contribution in [-0.2, 0) is 13.5 Å². The second kappa shape index (κ2) is 8.65. The van der Waals surface area contributed by atoms with Crippen LogP contribution in [0.4, 0.5) is 5.82 Å². The fraction of sp³-hybridized carbons (Fsp3) is 0.333. The zero-order valence-corrected chi connectivity index (χ0v) is 19.4. The number of ketones is 1. The van der Waals surface area contributed by atoms with Crippen LogP contribution in [0.15, 0.2) is 61.3 Å². The highest BCUT2D eigenvalue weighted by atomic mass is 16.1. The molecule has 0 amide bonds. The van der Waals surface area contributed by atoms with Gasteiger partial charge in [0.15, 0.2) is 5.78 Å². The Morgan fingerprint density at radius 2 is 1.82 bits per heavy atom. The fourth-order valence-electron chi connectivity index (χ4n) is 4.87. The minimum Gasteiger partial charge on any atom is -0.354 e. The molecule has 0 N–H and O–H groups in total. The smallest absolute Gasteiger partial charge is 0.169 e. The van der Waals surface area contributed by atoms with Crippen LogP contribution >= 0.6 is 0 Å². The molecule has 1 saturated heterocycles. The summed E-state index contributed by atoms with van der Waals surface area (Å²) in [5.41, 5.74) is 3.62. The number of carbonyl (C=O) groups excluding carboxylic acids is 1. The van der Waals surface area contributed by atoms with Crippen LogP contribution in [0, 0.1) is 0 Å².